The third-order valence-corrected chi connectivity index (χ3v) is 5.17. The van der Waals surface area contributed by atoms with E-state index in [1.807, 2.05) is 18.2 Å². The normalized spacial score (nSPS) is 14.2. The van der Waals surface area contributed by atoms with Gasteiger partial charge in [0.1, 0.15) is 10.8 Å². The molecule has 0 atom stereocenters. The van der Waals surface area contributed by atoms with Crippen LogP contribution in [0, 0.1) is 13.8 Å². The first-order valence-electron chi connectivity index (χ1n) is 8.39. The van der Waals surface area contributed by atoms with Gasteiger partial charge in [0.15, 0.2) is 0 Å². The van der Waals surface area contributed by atoms with Gasteiger partial charge in [0, 0.05) is 11.5 Å². The van der Waals surface area contributed by atoms with Crippen LogP contribution in [0.4, 0.5) is 0 Å². The van der Waals surface area contributed by atoms with Gasteiger partial charge in [0.05, 0.1) is 17.6 Å². The minimum absolute atomic E-state index is 0.454. The van der Waals surface area contributed by atoms with Gasteiger partial charge in [-0.25, -0.2) is 4.98 Å². The Morgan fingerprint density at radius 1 is 1.21 bits per heavy atom. The molecule has 2 N–H and O–H groups in total. The van der Waals surface area contributed by atoms with Crippen LogP contribution in [0.15, 0.2) is 36.4 Å². The maximum atomic E-state index is 5.92. The highest BCUT2D eigenvalue weighted by molar-refractivity contribution is 7.80. The number of aromatic nitrogens is 2. The monoisotopic (exact) mass is 335 g/mol. The molecule has 0 aliphatic heterocycles. The predicted molar refractivity (Wildman–Crippen MR) is 103 cm³/mol. The topological polar surface area (TPSA) is 43.8 Å². The quantitative estimate of drug-likeness (QED) is 0.726. The van der Waals surface area contributed by atoms with Crippen LogP contribution >= 0.6 is 12.2 Å². The van der Waals surface area contributed by atoms with E-state index >= 15 is 0 Å². The van der Waals surface area contributed by atoms with Crippen molar-refractivity contribution in [2.75, 3.05) is 0 Å². The van der Waals surface area contributed by atoms with Gasteiger partial charge in [-0.15, -0.1) is 0 Å². The lowest BCUT2D eigenvalue weighted by molar-refractivity contribution is 0.746. The zero-order chi connectivity index (χ0) is 16.8. The van der Waals surface area contributed by atoms with Crippen molar-refractivity contribution in [3.8, 4) is 0 Å². The van der Waals surface area contributed by atoms with Gasteiger partial charge in [0.25, 0.3) is 0 Å². The summed E-state index contributed by atoms with van der Waals surface area (Å²) in [5, 5.41) is 0. The average molecular weight is 335 g/mol. The molecule has 3 nitrogen and oxygen atoms in total. The lowest BCUT2D eigenvalue weighted by Crippen LogP contribution is -2.14. The summed E-state index contributed by atoms with van der Waals surface area (Å²) in [6, 6.07) is 12.6. The van der Waals surface area contributed by atoms with Crippen molar-refractivity contribution in [3.63, 3.8) is 0 Å². The van der Waals surface area contributed by atoms with Gasteiger partial charge in [-0.2, -0.15) is 0 Å². The number of nitrogens with two attached hydrogens (primary N) is 1. The minimum atomic E-state index is 0.454. The molecular weight excluding hydrogens is 314 g/mol. The highest BCUT2D eigenvalue weighted by atomic mass is 32.1. The number of nitrogens with zero attached hydrogens (tertiary/aromatic N) is 2. The van der Waals surface area contributed by atoms with Crippen LogP contribution in [-0.2, 0) is 6.54 Å². The molecule has 1 heterocycles. The fourth-order valence-corrected chi connectivity index (χ4v) is 3.49. The van der Waals surface area contributed by atoms with E-state index in [4.69, 9.17) is 22.9 Å². The Morgan fingerprint density at radius 2 is 1.92 bits per heavy atom. The standard InChI is InChI=1S/C20H21N3S/c1-12-9-17-18(10-13(12)2)23(20(22-17)14-7-8-14)11-15-5-3-4-6-16(15)19(21)24/h3-6,9-10,14H,7-8,11H2,1-2H3,(H2,21,24). The van der Waals surface area contributed by atoms with Gasteiger partial charge >= 0.3 is 0 Å². The number of hydrogen-bond donors (Lipinski definition) is 1. The molecule has 4 rings (SSSR count). The molecule has 0 amide bonds. The molecule has 3 aromatic rings. The summed E-state index contributed by atoms with van der Waals surface area (Å²) >= 11 is 5.23. The summed E-state index contributed by atoms with van der Waals surface area (Å²) in [5.74, 6) is 1.79. The van der Waals surface area contributed by atoms with E-state index in [1.54, 1.807) is 0 Å². The van der Waals surface area contributed by atoms with E-state index in [9.17, 15) is 0 Å². The first-order valence-corrected chi connectivity index (χ1v) is 8.80. The molecule has 1 aromatic heterocycles. The van der Waals surface area contributed by atoms with Gasteiger partial charge in [0.2, 0.25) is 0 Å². The predicted octanol–water partition coefficient (Wildman–Crippen LogP) is 4.21. The molecule has 0 spiro atoms. The molecule has 1 aliphatic rings. The number of imidazole rings is 1. The first kappa shape index (κ1) is 15.3. The Hall–Kier alpha value is -2.20. The SMILES string of the molecule is Cc1cc2nc(C3CC3)n(Cc3ccccc3C(N)=S)c2cc1C. The van der Waals surface area contributed by atoms with Crippen molar-refractivity contribution in [3.05, 3.63) is 64.5 Å². The van der Waals surface area contributed by atoms with E-state index in [0.29, 0.717) is 10.9 Å². The fraction of sp³-hybridized carbons (Fsp3) is 0.300. The molecule has 4 heteroatoms. The van der Waals surface area contributed by atoms with Gasteiger partial charge in [-0.1, -0.05) is 36.5 Å². The maximum absolute atomic E-state index is 5.92. The van der Waals surface area contributed by atoms with E-state index in [1.165, 1.54) is 35.3 Å². The van der Waals surface area contributed by atoms with Crippen LogP contribution in [0.2, 0.25) is 0 Å². The molecule has 0 unspecified atom stereocenters. The smallest absolute Gasteiger partial charge is 0.113 e. The Morgan fingerprint density at radius 3 is 2.62 bits per heavy atom. The van der Waals surface area contributed by atoms with Gasteiger partial charge in [-0.05, 0) is 55.5 Å². The number of fused-ring (bicyclic) bond motifs is 1. The Labute approximate surface area is 147 Å². The summed E-state index contributed by atoms with van der Waals surface area (Å²) in [6.45, 7) is 5.07. The number of thiocarbonyl (C=S) groups is 1. The summed E-state index contributed by atoms with van der Waals surface area (Å²) in [4.78, 5) is 5.40. The molecular formula is C20H21N3S. The first-order chi connectivity index (χ1) is 11.5. The van der Waals surface area contributed by atoms with E-state index in [0.717, 1.165) is 23.2 Å². The lowest BCUT2D eigenvalue weighted by Gasteiger charge is -2.13. The van der Waals surface area contributed by atoms with Crippen molar-refractivity contribution in [1.82, 2.24) is 9.55 Å². The Balaban J connectivity index is 1.88. The molecule has 1 aliphatic carbocycles. The maximum Gasteiger partial charge on any atom is 0.113 e. The molecule has 122 valence electrons. The fourth-order valence-electron chi connectivity index (χ4n) is 3.29. The number of aryl methyl sites for hydroxylation is 2. The van der Waals surface area contributed by atoms with Crippen molar-refractivity contribution < 1.29 is 0 Å². The molecule has 1 saturated carbocycles. The van der Waals surface area contributed by atoms with Gasteiger partial charge < -0.3 is 10.3 Å². The second-order valence-electron chi connectivity index (χ2n) is 6.78. The van der Waals surface area contributed by atoms with Crippen LogP contribution in [0.1, 0.15) is 46.8 Å². The van der Waals surface area contributed by atoms with E-state index < -0.39 is 0 Å². The molecule has 0 radical (unpaired) electrons. The number of rotatable bonds is 4. The highest BCUT2D eigenvalue weighted by Gasteiger charge is 2.30. The highest BCUT2D eigenvalue weighted by Crippen LogP contribution is 2.41. The van der Waals surface area contributed by atoms with Crippen molar-refractivity contribution in [2.24, 2.45) is 5.73 Å². The Kier molecular flexibility index (Phi) is 3.65. The summed E-state index contributed by atoms with van der Waals surface area (Å²) in [6.07, 6.45) is 2.47. The summed E-state index contributed by atoms with van der Waals surface area (Å²) < 4.78 is 2.36. The second-order valence-corrected chi connectivity index (χ2v) is 7.22. The van der Waals surface area contributed by atoms with Gasteiger partial charge in [-0.3, -0.25) is 0 Å². The molecule has 0 saturated heterocycles. The second kappa shape index (κ2) is 5.71. The zero-order valence-electron chi connectivity index (χ0n) is 14.0. The number of hydrogen-bond acceptors (Lipinski definition) is 2. The Bertz CT molecular complexity index is 951. The molecule has 1 fully saturated rings. The zero-order valence-corrected chi connectivity index (χ0v) is 14.9. The van der Waals surface area contributed by atoms with Crippen molar-refractivity contribution in [2.45, 2.75) is 39.2 Å². The largest absolute Gasteiger partial charge is 0.389 e. The summed E-state index contributed by atoms with van der Waals surface area (Å²) in [7, 11) is 0. The lowest BCUT2D eigenvalue weighted by atomic mass is 10.1. The van der Waals surface area contributed by atoms with Crippen LogP contribution in [0.25, 0.3) is 11.0 Å². The third-order valence-electron chi connectivity index (χ3n) is 4.95. The van der Waals surface area contributed by atoms with Crippen LogP contribution < -0.4 is 5.73 Å². The number of benzene rings is 2. The van der Waals surface area contributed by atoms with Crippen LogP contribution in [-0.4, -0.2) is 14.5 Å². The molecule has 24 heavy (non-hydrogen) atoms. The van der Waals surface area contributed by atoms with Crippen molar-refractivity contribution in [1.29, 1.82) is 0 Å². The molecule has 0 bridgehead atoms. The van der Waals surface area contributed by atoms with Crippen molar-refractivity contribution >= 4 is 28.2 Å². The average Bonchev–Trinajstić information content (AvgIpc) is 3.34. The van der Waals surface area contributed by atoms with E-state index in [-0.39, 0.29) is 0 Å². The van der Waals surface area contributed by atoms with Crippen LogP contribution in [0.3, 0.4) is 0 Å². The molecule has 2 aromatic carbocycles. The van der Waals surface area contributed by atoms with Crippen LogP contribution in [0.5, 0.6) is 0 Å². The third kappa shape index (κ3) is 2.61. The van der Waals surface area contributed by atoms with E-state index in [2.05, 4.69) is 36.6 Å². The summed E-state index contributed by atoms with van der Waals surface area (Å²) in [5.41, 5.74) is 12.9. The minimum Gasteiger partial charge on any atom is -0.389 e.